The molecule has 0 spiro atoms. The van der Waals surface area contributed by atoms with Gasteiger partial charge in [0.25, 0.3) is 11.5 Å². The van der Waals surface area contributed by atoms with E-state index in [1.54, 1.807) is 11.6 Å². The van der Waals surface area contributed by atoms with E-state index in [9.17, 15) is 9.59 Å². The number of carbonyl (C=O) groups excluding carboxylic acids is 1. The first-order valence-corrected chi connectivity index (χ1v) is 11.9. The number of fused-ring (bicyclic) bond motifs is 1. The van der Waals surface area contributed by atoms with E-state index >= 15 is 0 Å². The molecular weight excluding hydrogens is 414 g/mol. The molecule has 2 aromatic heterocycles. The molecule has 2 aliphatic rings. The first-order valence-electron chi connectivity index (χ1n) is 11.9. The van der Waals surface area contributed by atoms with Crippen molar-refractivity contribution >= 4 is 22.6 Å². The minimum Gasteiger partial charge on any atom is -0.354 e. The van der Waals surface area contributed by atoms with Crippen molar-refractivity contribution in [3.63, 3.8) is 0 Å². The third-order valence-corrected chi connectivity index (χ3v) is 7.05. The van der Waals surface area contributed by atoms with Gasteiger partial charge in [-0.3, -0.25) is 14.5 Å². The molecule has 33 heavy (non-hydrogen) atoms. The van der Waals surface area contributed by atoms with Crippen LogP contribution in [-0.2, 0) is 7.05 Å². The van der Waals surface area contributed by atoms with Gasteiger partial charge in [0.05, 0.1) is 11.1 Å². The molecule has 4 heterocycles. The summed E-state index contributed by atoms with van der Waals surface area (Å²) in [6, 6.07) is 15.2. The molecule has 0 saturated carbocycles. The zero-order chi connectivity index (χ0) is 22.8. The quantitative estimate of drug-likeness (QED) is 0.618. The number of aromatic nitrogens is 2. The van der Waals surface area contributed by atoms with E-state index in [1.807, 2.05) is 47.5 Å². The van der Waals surface area contributed by atoms with E-state index in [-0.39, 0.29) is 11.5 Å². The van der Waals surface area contributed by atoms with Gasteiger partial charge in [0.1, 0.15) is 5.82 Å². The number of rotatable bonds is 4. The Balaban J connectivity index is 1.24. The van der Waals surface area contributed by atoms with Crippen LogP contribution in [0.2, 0.25) is 0 Å². The molecule has 5 rings (SSSR count). The standard InChI is InChI=1S/C26H31N5O2/c1-28-23-9-3-2-8-21(23)22(17-25(28)32)26(33)31-12-6-7-20(19-31)18-29-13-15-30(16-14-29)24-10-4-5-11-27-24/h2-5,8-11,17,20H,6-7,12-16,18-19H2,1H3. The number of piperazine rings is 1. The summed E-state index contributed by atoms with van der Waals surface area (Å²) in [5, 5.41) is 0.845. The molecule has 0 bridgehead atoms. The van der Waals surface area contributed by atoms with Gasteiger partial charge in [-0.15, -0.1) is 0 Å². The summed E-state index contributed by atoms with van der Waals surface area (Å²) in [5.41, 5.74) is 1.18. The molecule has 2 fully saturated rings. The fraction of sp³-hybridized carbons (Fsp3) is 0.423. The van der Waals surface area contributed by atoms with Crippen LogP contribution in [0, 0.1) is 5.92 Å². The van der Waals surface area contributed by atoms with Crippen molar-refractivity contribution in [2.45, 2.75) is 12.8 Å². The lowest BCUT2D eigenvalue weighted by Crippen LogP contribution is -2.50. The van der Waals surface area contributed by atoms with Crippen molar-refractivity contribution in [3.05, 3.63) is 70.6 Å². The first kappa shape index (κ1) is 21.6. The van der Waals surface area contributed by atoms with Gasteiger partial charge in [-0.2, -0.15) is 0 Å². The van der Waals surface area contributed by atoms with Gasteiger partial charge >= 0.3 is 0 Å². The Hall–Kier alpha value is -3.19. The van der Waals surface area contributed by atoms with Crippen molar-refractivity contribution in [2.24, 2.45) is 13.0 Å². The molecular formula is C26H31N5O2. The maximum atomic E-state index is 13.5. The van der Waals surface area contributed by atoms with Crippen LogP contribution in [0.1, 0.15) is 23.2 Å². The summed E-state index contributed by atoms with van der Waals surface area (Å²) in [6.07, 6.45) is 4.00. The number of amides is 1. The van der Waals surface area contributed by atoms with Gasteiger partial charge in [0.2, 0.25) is 0 Å². The highest BCUT2D eigenvalue weighted by atomic mass is 16.2. The second-order valence-electron chi connectivity index (χ2n) is 9.21. The molecule has 0 radical (unpaired) electrons. The predicted molar refractivity (Wildman–Crippen MR) is 131 cm³/mol. The molecule has 2 saturated heterocycles. The average Bonchev–Trinajstić information content (AvgIpc) is 2.87. The molecule has 0 aliphatic carbocycles. The molecule has 3 aromatic rings. The Morgan fingerprint density at radius 3 is 2.61 bits per heavy atom. The van der Waals surface area contributed by atoms with Crippen molar-refractivity contribution < 1.29 is 4.79 Å². The highest BCUT2D eigenvalue weighted by Crippen LogP contribution is 2.23. The monoisotopic (exact) mass is 445 g/mol. The van der Waals surface area contributed by atoms with Gasteiger partial charge in [-0.1, -0.05) is 24.3 Å². The number of para-hydroxylation sites is 1. The molecule has 0 N–H and O–H groups in total. The molecule has 1 amide bonds. The van der Waals surface area contributed by atoms with Crippen LogP contribution in [0.25, 0.3) is 10.9 Å². The molecule has 2 aliphatic heterocycles. The largest absolute Gasteiger partial charge is 0.354 e. The number of anilines is 1. The number of pyridine rings is 2. The van der Waals surface area contributed by atoms with Gasteiger partial charge in [0.15, 0.2) is 0 Å². The second kappa shape index (κ2) is 9.35. The zero-order valence-electron chi connectivity index (χ0n) is 19.2. The SMILES string of the molecule is Cn1c(=O)cc(C(=O)N2CCCC(CN3CCN(c4ccccn4)CC3)C2)c2ccccc21. The summed E-state index contributed by atoms with van der Waals surface area (Å²) < 4.78 is 1.61. The molecule has 7 nitrogen and oxygen atoms in total. The maximum absolute atomic E-state index is 13.5. The van der Waals surface area contributed by atoms with E-state index in [0.29, 0.717) is 11.5 Å². The van der Waals surface area contributed by atoms with Crippen LogP contribution in [0.4, 0.5) is 5.82 Å². The normalized spacial score (nSPS) is 19.7. The Bertz CT molecular complexity index is 1180. The lowest BCUT2D eigenvalue weighted by atomic mass is 9.96. The molecule has 1 atom stereocenters. The van der Waals surface area contributed by atoms with Crippen LogP contribution in [0.3, 0.4) is 0 Å². The van der Waals surface area contributed by atoms with Crippen molar-refractivity contribution in [2.75, 3.05) is 50.7 Å². The van der Waals surface area contributed by atoms with Gasteiger partial charge in [-0.25, -0.2) is 4.98 Å². The van der Waals surface area contributed by atoms with Gasteiger partial charge in [-0.05, 0) is 37.0 Å². The smallest absolute Gasteiger partial charge is 0.254 e. The van der Waals surface area contributed by atoms with Crippen LogP contribution in [0.5, 0.6) is 0 Å². The number of nitrogens with zero attached hydrogens (tertiary/aromatic N) is 5. The first-order chi connectivity index (χ1) is 16.1. The predicted octanol–water partition coefficient (Wildman–Crippen LogP) is 2.61. The van der Waals surface area contributed by atoms with Crippen LogP contribution in [-0.4, -0.2) is 71.1 Å². The molecule has 172 valence electrons. The summed E-state index contributed by atoms with van der Waals surface area (Å²) in [5.74, 6) is 1.49. The van der Waals surface area contributed by atoms with E-state index in [2.05, 4.69) is 20.9 Å². The van der Waals surface area contributed by atoms with E-state index in [4.69, 9.17) is 0 Å². The van der Waals surface area contributed by atoms with Crippen LogP contribution in [0.15, 0.2) is 59.5 Å². The number of aryl methyl sites for hydroxylation is 1. The highest BCUT2D eigenvalue weighted by molar-refractivity contribution is 6.06. The second-order valence-corrected chi connectivity index (χ2v) is 9.21. The summed E-state index contributed by atoms with van der Waals surface area (Å²) >= 11 is 0. The lowest BCUT2D eigenvalue weighted by Gasteiger charge is -2.39. The van der Waals surface area contributed by atoms with E-state index < -0.39 is 0 Å². The Labute approximate surface area is 194 Å². The van der Waals surface area contributed by atoms with Crippen LogP contribution >= 0.6 is 0 Å². The Morgan fingerprint density at radius 1 is 1.03 bits per heavy atom. The number of benzene rings is 1. The number of carbonyl (C=O) groups is 1. The third kappa shape index (κ3) is 4.50. The topological polar surface area (TPSA) is 61.7 Å². The summed E-state index contributed by atoms with van der Waals surface area (Å²) in [4.78, 5) is 37.2. The number of likely N-dealkylation sites (tertiary alicyclic amines) is 1. The Kier molecular flexibility index (Phi) is 6.13. The van der Waals surface area contributed by atoms with Crippen molar-refractivity contribution in [1.29, 1.82) is 0 Å². The average molecular weight is 446 g/mol. The molecule has 7 heteroatoms. The fourth-order valence-electron chi connectivity index (χ4n) is 5.22. The van der Waals surface area contributed by atoms with Crippen molar-refractivity contribution in [1.82, 2.24) is 19.4 Å². The lowest BCUT2D eigenvalue weighted by molar-refractivity contribution is 0.0639. The Morgan fingerprint density at radius 2 is 1.82 bits per heavy atom. The highest BCUT2D eigenvalue weighted by Gasteiger charge is 2.28. The minimum atomic E-state index is -0.142. The molecule has 1 unspecified atom stereocenters. The minimum absolute atomic E-state index is 0.0198. The van der Waals surface area contributed by atoms with E-state index in [0.717, 1.165) is 75.4 Å². The van der Waals surface area contributed by atoms with Gasteiger partial charge in [0, 0.05) is 70.5 Å². The third-order valence-electron chi connectivity index (χ3n) is 7.05. The van der Waals surface area contributed by atoms with Crippen molar-refractivity contribution in [3.8, 4) is 0 Å². The number of piperidine rings is 1. The van der Waals surface area contributed by atoms with Gasteiger partial charge < -0.3 is 14.4 Å². The van der Waals surface area contributed by atoms with Crippen LogP contribution < -0.4 is 10.5 Å². The molecule has 1 aromatic carbocycles. The fourth-order valence-corrected chi connectivity index (χ4v) is 5.22. The zero-order valence-corrected chi connectivity index (χ0v) is 19.2. The maximum Gasteiger partial charge on any atom is 0.254 e. The number of hydrogen-bond donors (Lipinski definition) is 0. The summed E-state index contributed by atoms with van der Waals surface area (Å²) in [6.45, 7) is 6.50. The summed E-state index contributed by atoms with van der Waals surface area (Å²) in [7, 11) is 1.75. The number of hydrogen-bond acceptors (Lipinski definition) is 5. The van der Waals surface area contributed by atoms with E-state index in [1.165, 1.54) is 6.07 Å².